The number of carboxylic acid groups (broad SMARTS) is 1. The van der Waals surface area contributed by atoms with Crippen LogP contribution in [0, 0.1) is 5.41 Å². The second kappa shape index (κ2) is 3.40. The summed E-state index contributed by atoms with van der Waals surface area (Å²) in [5, 5.41) is 18.7. The molecule has 5 heteroatoms. The van der Waals surface area contributed by atoms with Crippen LogP contribution in [0.5, 0.6) is 0 Å². The molecule has 1 spiro atoms. The van der Waals surface area contributed by atoms with Gasteiger partial charge in [0.15, 0.2) is 0 Å². The first-order chi connectivity index (χ1) is 6.64. The van der Waals surface area contributed by atoms with E-state index < -0.39 is 12.2 Å². The summed E-state index contributed by atoms with van der Waals surface area (Å²) in [6.45, 7) is 1.99. The molecule has 2 saturated heterocycles. The van der Waals surface area contributed by atoms with E-state index in [0.717, 1.165) is 6.42 Å². The molecule has 1 amide bonds. The van der Waals surface area contributed by atoms with E-state index in [-0.39, 0.29) is 12.0 Å². The highest BCUT2D eigenvalue weighted by Crippen LogP contribution is 2.39. The van der Waals surface area contributed by atoms with Crippen molar-refractivity contribution >= 4 is 6.09 Å². The van der Waals surface area contributed by atoms with Crippen LogP contribution >= 0.6 is 0 Å². The Bertz CT molecular complexity index is 237. The molecular weight excluding hydrogens is 186 g/mol. The molecule has 0 aromatic carbocycles. The Hall–Kier alpha value is -0.810. The van der Waals surface area contributed by atoms with Crippen molar-refractivity contribution in [1.29, 1.82) is 0 Å². The fraction of sp³-hybridized carbons (Fsp3) is 0.889. The van der Waals surface area contributed by atoms with Crippen LogP contribution in [0.25, 0.3) is 0 Å². The molecule has 0 radical (unpaired) electrons. The molecule has 2 aliphatic heterocycles. The van der Waals surface area contributed by atoms with Crippen LogP contribution in [0.3, 0.4) is 0 Å². The molecule has 2 aliphatic rings. The minimum Gasteiger partial charge on any atom is -0.465 e. The molecule has 0 aromatic heterocycles. The second-order valence-electron chi connectivity index (χ2n) is 4.16. The van der Waals surface area contributed by atoms with Gasteiger partial charge in [-0.3, -0.25) is 0 Å². The van der Waals surface area contributed by atoms with Gasteiger partial charge in [-0.25, -0.2) is 4.79 Å². The summed E-state index contributed by atoms with van der Waals surface area (Å²) >= 11 is 0. The minimum atomic E-state index is -0.946. The molecule has 80 valence electrons. The maximum absolute atomic E-state index is 10.7. The maximum atomic E-state index is 10.7. The lowest BCUT2D eigenvalue weighted by atomic mass is 9.76. The lowest BCUT2D eigenvalue weighted by molar-refractivity contribution is -0.0428. The number of β-amino-alcohol motifs (C(OH)–C–C–N with tert-alkyl or cyclic N) is 1. The molecule has 14 heavy (non-hydrogen) atoms. The van der Waals surface area contributed by atoms with Crippen LogP contribution < -0.4 is 0 Å². The van der Waals surface area contributed by atoms with E-state index in [0.29, 0.717) is 26.2 Å². The van der Waals surface area contributed by atoms with Crippen LogP contribution in [0.15, 0.2) is 0 Å². The second-order valence-corrected chi connectivity index (χ2v) is 4.16. The van der Waals surface area contributed by atoms with Crippen molar-refractivity contribution in [2.24, 2.45) is 5.41 Å². The zero-order chi connectivity index (χ0) is 10.2. The fourth-order valence-corrected chi connectivity index (χ4v) is 2.27. The molecule has 2 unspecified atom stereocenters. The topological polar surface area (TPSA) is 70.0 Å². The number of piperidine rings is 1. The highest BCUT2D eigenvalue weighted by Gasteiger charge is 2.45. The zero-order valence-electron chi connectivity index (χ0n) is 7.98. The van der Waals surface area contributed by atoms with Crippen molar-refractivity contribution in [3.05, 3.63) is 0 Å². The minimum absolute atomic E-state index is 0.175. The number of hydrogen-bond donors (Lipinski definition) is 2. The number of aliphatic hydroxyl groups excluding tert-OH is 1. The summed E-state index contributed by atoms with van der Waals surface area (Å²) in [5.74, 6) is 0. The number of ether oxygens (including phenoxy) is 1. The summed E-state index contributed by atoms with van der Waals surface area (Å²) in [4.78, 5) is 12.0. The van der Waals surface area contributed by atoms with Crippen molar-refractivity contribution in [3.63, 3.8) is 0 Å². The van der Waals surface area contributed by atoms with Crippen LogP contribution in [0.1, 0.15) is 12.8 Å². The van der Waals surface area contributed by atoms with Gasteiger partial charge in [-0.15, -0.1) is 0 Å². The average molecular weight is 201 g/mol. The molecule has 2 heterocycles. The molecular formula is C9H15NO4. The molecule has 2 atom stereocenters. The SMILES string of the molecule is O=C(O)N1CCC2(CCOC2)C(O)C1. The average Bonchev–Trinajstić information content (AvgIpc) is 2.59. The fourth-order valence-electron chi connectivity index (χ4n) is 2.27. The van der Waals surface area contributed by atoms with Crippen LogP contribution in [0.4, 0.5) is 4.79 Å². The van der Waals surface area contributed by atoms with Crippen molar-refractivity contribution in [3.8, 4) is 0 Å². The van der Waals surface area contributed by atoms with Gasteiger partial charge in [-0.2, -0.15) is 0 Å². The van der Waals surface area contributed by atoms with Gasteiger partial charge in [0.25, 0.3) is 0 Å². The van der Waals surface area contributed by atoms with E-state index in [1.54, 1.807) is 0 Å². The maximum Gasteiger partial charge on any atom is 0.407 e. The Morgan fingerprint density at radius 2 is 2.29 bits per heavy atom. The summed E-state index contributed by atoms with van der Waals surface area (Å²) in [5.41, 5.74) is -0.175. The molecule has 0 aromatic rings. The lowest BCUT2D eigenvalue weighted by Gasteiger charge is -2.41. The first-order valence-electron chi connectivity index (χ1n) is 4.88. The van der Waals surface area contributed by atoms with Gasteiger partial charge in [-0.1, -0.05) is 0 Å². The van der Waals surface area contributed by atoms with Crippen molar-refractivity contribution < 1.29 is 19.7 Å². The third kappa shape index (κ3) is 1.46. The molecule has 5 nitrogen and oxygen atoms in total. The molecule has 2 fully saturated rings. The van der Waals surface area contributed by atoms with Crippen LogP contribution in [-0.4, -0.2) is 53.6 Å². The smallest absolute Gasteiger partial charge is 0.407 e. The zero-order valence-corrected chi connectivity index (χ0v) is 7.98. The lowest BCUT2D eigenvalue weighted by Crippen LogP contribution is -2.52. The van der Waals surface area contributed by atoms with Gasteiger partial charge < -0.3 is 19.8 Å². The Labute approximate surface area is 82.3 Å². The molecule has 2 N–H and O–H groups in total. The number of nitrogens with zero attached hydrogens (tertiary/aromatic N) is 1. The van der Waals surface area contributed by atoms with Gasteiger partial charge in [-0.05, 0) is 12.8 Å². The van der Waals surface area contributed by atoms with Crippen LogP contribution in [0.2, 0.25) is 0 Å². The predicted molar refractivity (Wildman–Crippen MR) is 48.1 cm³/mol. The number of hydrogen-bond acceptors (Lipinski definition) is 3. The highest BCUT2D eigenvalue weighted by molar-refractivity contribution is 5.65. The third-order valence-corrected chi connectivity index (χ3v) is 3.38. The molecule has 2 rings (SSSR count). The normalized spacial score (nSPS) is 37.8. The van der Waals surface area contributed by atoms with Gasteiger partial charge in [0.2, 0.25) is 0 Å². The quantitative estimate of drug-likeness (QED) is 0.584. The van der Waals surface area contributed by atoms with E-state index in [1.807, 2.05) is 0 Å². The largest absolute Gasteiger partial charge is 0.465 e. The van der Waals surface area contributed by atoms with Gasteiger partial charge in [0.1, 0.15) is 0 Å². The summed E-state index contributed by atoms with van der Waals surface area (Å²) in [7, 11) is 0. The van der Waals surface area contributed by atoms with Gasteiger partial charge >= 0.3 is 6.09 Å². The molecule has 0 aliphatic carbocycles. The highest BCUT2D eigenvalue weighted by atomic mass is 16.5. The van der Waals surface area contributed by atoms with Crippen molar-refractivity contribution in [2.75, 3.05) is 26.3 Å². The first-order valence-corrected chi connectivity index (χ1v) is 4.88. The van der Waals surface area contributed by atoms with Gasteiger partial charge in [0, 0.05) is 18.6 Å². The van der Waals surface area contributed by atoms with Crippen LogP contribution in [-0.2, 0) is 4.74 Å². The Kier molecular flexibility index (Phi) is 2.36. The summed E-state index contributed by atoms with van der Waals surface area (Å²) < 4.78 is 5.28. The number of amides is 1. The predicted octanol–water partition coefficient (Wildman–Crippen LogP) is 0.138. The summed E-state index contributed by atoms with van der Waals surface area (Å²) in [6.07, 6.45) is 0.0370. The van der Waals surface area contributed by atoms with E-state index in [2.05, 4.69) is 0 Å². The Balaban J connectivity index is 2.03. The number of rotatable bonds is 0. The molecule has 0 bridgehead atoms. The van der Waals surface area contributed by atoms with Crippen molar-refractivity contribution in [1.82, 2.24) is 4.90 Å². The van der Waals surface area contributed by atoms with Crippen molar-refractivity contribution in [2.45, 2.75) is 18.9 Å². The monoisotopic (exact) mass is 201 g/mol. The summed E-state index contributed by atoms with van der Waals surface area (Å²) in [6, 6.07) is 0. The Morgan fingerprint density at radius 3 is 2.79 bits per heavy atom. The molecule has 0 saturated carbocycles. The number of carbonyl (C=O) groups is 1. The van der Waals surface area contributed by atoms with E-state index in [1.165, 1.54) is 4.90 Å². The number of likely N-dealkylation sites (tertiary alicyclic amines) is 1. The first kappa shape index (κ1) is 9.73. The van der Waals surface area contributed by atoms with Gasteiger partial charge in [0.05, 0.1) is 19.3 Å². The Morgan fingerprint density at radius 1 is 1.50 bits per heavy atom. The van der Waals surface area contributed by atoms with E-state index >= 15 is 0 Å². The standard InChI is InChI=1S/C9H15NO4/c11-7-5-10(8(12)13)3-1-9(7)2-4-14-6-9/h7,11H,1-6H2,(H,12,13). The van der Waals surface area contributed by atoms with E-state index in [9.17, 15) is 9.90 Å². The van der Waals surface area contributed by atoms with E-state index in [4.69, 9.17) is 9.84 Å². The number of aliphatic hydroxyl groups is 1. The third-order valence-electron chi connectivity index (χ3n) is 3.38.